The van der Waals surface area contributed by atoms with E-state index < -0.39 is 12.6 Å². The van der Waals surface area contributed by atoms with Gasteiger partial charge in [0.1, 0.15) is 0 Å². The molecule has 7 heavy (non-hydrogen) atoms. The molecular weight excluding hydrogens is 105 g/mol. The zero-order valence-corrected chi connectivity index (χ0v) is 3.76. The van der Waals surface area contributed by atoms with E-state index in [4.69, 9.17) is 0 Å². The van der Waals surface area contributed by atoms with Crippen LogP contribution in [0.3, 0.4) is 0 Å². The molecule has 0 unspecified atom stereocenters. The summed E-state index contributed by atoms with van der Waals surface area (Å²) in [7, 11) is 0. The Morgan fingerprint density at radius 1 is 1.29 bits per heavy atom. The minimum atomic E-state index is -4.01. The highest BCUT2D eigenvalue weighted by Gasteiger charge is 2.24. The maximum Gasteiger partial charge on any atom is 0.389 e. The summed E-state index contributed by atoms with van der Waals surface area (Å²) in [4.78, 5) is 0. The summed E-state index contributed by atoms with van der Waals surface area (Å²) in [5.74, 6) is 0. The van der Waals surface area contributed by atoms with Crippen molar-refractivity contribution in [1.29, 1.82) is 0 Å². The van der Waals surface area contributed by atoms with Gasteiger partial charge in [-0.2, -0.15) is 13.2 Å². The van der Waals surface area contributed by atoms with Crippen LogP contribution in [0.4, 0.5) is 13.2 Å². The van der Waals surface area contributed by atoms with Gasteiger partial charge >= 0.3 is 6.18 Å². The molecule has 0 heterocycles. The number of rotatable bonds is 1. The summed E-state index contributed by atoms with van der Waals surface area (Å²) in [6.07, 6.45) is -4.85. The Morgan fingerprint density at radius 3 is 1.71 bits per heavy atom. The first-order chi connectivity index (χ1) is 3.06. The molecule has 0 fully saturated rings. The SMILES string of the molecule is [CH2]CCC(F)(F)F. The number of hydrogen-bond acceptors (Lipinski definition) is 0. The summed E-state index contributed by atoms with van der Waals surface area (Å²) >= 11 is 0. The molecule has 0 aliphatic rings. The minimum Gasteiger partial charge on any atom is -0.171 e. The molecule has 0 spiro atoms. The standard InChI is InChI=1S/C4H6F3/c1-2-3-4(5,6)7/h1-3H2. The highest BCUT2D eigenvalue weighted by molar-refractivity contribution is 4.49. The van der Waals surface area contributed by atoms with Gasteiger partial charge in [0.25, 0.3) is 0 Å². The zero-order valence-electron chi connectivity index (χ0n) is 3.76. The quantitative estimate of drug-likeness (QED) is 0.486. The predicted octanol–water partition coefficient (Wildman–Crippen LogP) is 2.16. The van der Waals surface area contributed by atoms with Crippen LogP contribution >= 0.6 is 0 Å². The summed E-state index contributed by atoms with van der Waals surface area (Å²) in [6, 6.07) is 0. The normalized spacial score (nSPS) is 12.0. The maximum absolute atomic E-state index is 11.0. The van der Waals surface area contributed by atoms with Gasteiger partial charge in [0.05, 0.1) is 0 Å². The van der Waals surface area contributed by atoms with E-state index >= 15 is 0 Å². The Hall–Kier alpha value is -0.210. The molecule has 0 rings (SSSR count). The molecule has 0 aromatic carbocycles. The average molecular weight is 111 g/mol. The molecule has 0 atom stereocenters. The van der Waals surface area contributed by atoms with Crippen molar-refractivity contribution >= 4 is 0 Å². The van der Waals surface area contributed by atoms with Gasteiger partial charge < -0.3 is 0 Å². The fraction of sp³-hybridized carbons (Fsp3) is 0.750. The Morgan fingerprint density at radius 2 is 1.71 bits per heavy atom. The lowest BCUT2D eigenvalue weighted by atomic mass is 10.3. The van der Waals surface area contributed by atoms with Crippen LogP contribution in [0.1, 0.15) is 12.8 Å². The minimum absolute atomic E-state index is 0.0660. The molecule has 1 radical (unpaired) electrons. The van der Waals surface area contributed by atoms with Crippen molar-refractivity contribution in [3.8, 4) is 0 Å². The topological polar surface area (TPSA) is 0 Å². The van der Waals surface area contributed by atoms with Crippen LogP contribution in [0, 0.1) is 6.92 Å². The molecule has 0 saturated heterocycles. The lowest BCUT2D eigenvalue weighted by molar-refractivity contribution is -0.133. The van der Waals surface area contributed by atoms with Crippen molar-refractivity contribution in [2.75, 3.05) is 0 Å². The second-order valence-corrected chi connectivity index (χ2v) is 1.22. The lowest BCUT2D eigenvalue weighted by Gasteiger charge is -2.00. The molecule has 0 aromatic heterocycles. The van der Waals surface area contributed by atoms with Crippen LogP contribution in [0.2, 0.25) is 0 Å². The first-order valence-electron chi connectivity index (χ1n) is 1.92. The van der Waals surface area contributed by atoms with Crippen LogP contribution in [0.15, 0.2) is 0 Å². The van der Waals surface area contributed by atoms with Crippen LogP contribution < -0.4 is 0 Å². The Balaban J connectivity index is 3.15. The molecule has 0 bridgehead atoms. The second-order valence-electron chi connectivity index (χ2n) is 1.22. The fourth-order valence-corrected chi connectivity index (χ4v) is 0.200. The monoisotopic (exact) mass is 111 g/mol. The lowest BCUT2D eigenvalue weighted by Crippen LogP contribution is -2.04. The molecular formula is C4H6F3. The Labute approximate surface area is 40.3 Å². The molecule has 3 heteroatoms. The van der Waals surface area contributed by atoms with E-state index in [0.29, 0.717) is 0 Å². The number of hydrogen-bond donors (Lipinski definition) is 0. The fourth-order valence-electron chi connectivity index (χ4n) is 0.200. The summed E-state index contributed by atoms with van der Waals surface area (Å²) in [6.45, 7) is 3.05. The third-order valence-electron chi connectivity index (χ3n) is 0.460. The molecule has 0 nitrogen and oxygen atoms in total. The number of halogens is 3. The molecule has 0 aliphatic heterocycles. The van der Waals surface area contributed by atoms with Crippen LogP contribution in [-0.4, -0.2) is 6.18 Å². The van der Waals surface area contributed by atoms with Gasteiger partial charge in [-0.1, -0.05) is 6.92 Å². The van der Waals surface area contributed by atoms with Gasteiger partial charge in [0.15, 0.2) is 0 Å². The Bertz CT molecular complexity index is 45.4. The van der Waals surface area contributed by atoms with E-state index in [0.717, 1.165) is 0 Å². The van der Waals surface area contributed by atoms with Crippen LogP contribution in [0.25, 0.3) is 0 Å². The van der Waals surface area contributed by atoms with E-state index in [9.17, 15) is 13.2 Å². The van der Waals surface area contributed by atoms with Gasteiger partial charge in [-0.15, -0.1) is 0 Å². The van der Waals surface area contributed by atoms with Crippen molar-refractivity contribution in [3.63, 3.8) is 0 Å². The van der Waals surface area contributed by atoms with Crippen molar-refractivity contribution in [1.82, 2.24) is 0 Å². The molecule has 0 aromatic rings. The molecule has 0 saturated carbocycles. The van der Waals surface area contributed by atoms with Gasteiger partial charge in [-0.25, -0.2) is 0 Å². The summed E-state index contributed by atoms with van der Waals surface area (Å²) < 4.78 is 33.0. The molecule has 0 aliphatic carbocycles. The van der Waals surface area contributed by atoms with Gasteiger partial charge in [0, 0.05) is 6.42 Å². The van der Waals surface area contributed by atoms with Gasteiger partial charge in [0.2, 0.25) is 0 Å². The largest absolute Gasteiger partial charge is 0.389 e. The van der Waals surface area contributed by atoms with E-state index in [1.807, 2.05) is 0 Å². The second kappa shape index (κ2) is 2.19. The average Bonchev–Trinajstić information content (AvgIpc) is 1.30. The van der Waals surface area contributed by atoms with Crippen molar-refractivity contribution in [3.05, 3.63) is 6.92 Å². The first-order valence-corrected chi connectivity index (χ1v) is 1.92. The maximum atomic E-state index is 11.0. The smallest absolute Gasteiger partial charge is 0.171 e. The van der Waals surface area contributed by atoms with Gasteiger partial charge in [-0.05, 0) is 6.42 Å². The highest BCUT2D eigenvalue weighted by atomic mass is 19.4. The predicted molar refractivity (Wildman–Crippen MR) is 20.6 cm³/mol. The summed E-state index contributed by atoms with van der Waals surface area (Å²) in [5.41, 5.74) is 0. The molecule has 43 valence electrons. The van der Waals surface area contributed by atoms with E-state index in [-0.39, 0.29) is 6.42 Å². The Kier molecular flexibility index (Phi) is 2.12. The van der Waals surface area contributed by atoms with E-state index in [1.54, 1.807) is 0 Å². The van der Waals surface area contributed by atoms with Crippen LogP contribution in [-0.2, 0) is 0 Å². The molecule has 0 amide bonds. The van der Waals surface area contributed by atoms with E-state index in [1.165, 1.54) is 0 Å². The first kappa shape index (κ1) is 6.79. The van der Waals surface area contributed by atoms with Gasteiger partial charge in [-0.3, -0.25) is 0 Å². The van der Waals surface area contributed by atoms with Crippen molar-refractivity contribution < 1.29 is 13.2 Å². The number of alkyl halides is 3. The zero-order chi connectivity index (χ0) is 5.91. The van der Waals surface area contributed by atoms with Crippen molar-refractivity contribution in [2.45, 2.75) is 19.0 Å². The molecule has 0 N–H and O–H groups in total. The van der Waals surface area contributed by atoms with E-state index in [2.05, 4.69) is 6.92 Å². The third kappa shape index (κ3) is 5.79. The third-order valence-corrected chi connectivity index (χ3v) is 0.460. The summed E-state index contributed by atoms with van der Waals surface area (Å²) in [5, 5.41) is 0. The van der Waals surface area contributed by atoms with Crippen molar-refractivity contribution in [2.24, 2.45) is 0 Å². The highest BCUT2D eigenvalue weighted by Crippen LogP contribution is 2.20. The van der Waals surface area contributed by atoms with Crippen LogP contribution in [0.5, 0.6) is 0 Å².